The molecule has 0 aliphatic carbocycles. The highest BCUT2D eigenvalue weighted by Gasteiger charge is 2.15. The molecule has 1 aromatic heterocycles. The first-order valence-electron chi connectivity index (χ1n) is 6.23. The van der Waals surface area contributed by atoms with Crippen molar-refractivity contribution in [3.63, 3.8) is 0 Å². The van der Waals surface area contributed by atoms with E-state index in [9.17, 15) is 0 Å². The summed E-state index contributed by atoms with van der Waals surface area (Å²) in [6.07, 6.45) is 5.21. The molecular weight excluding hydrogens is 198 g/mol. The van der Waals surface area contributed by atoms with Gasteiger partial charge in [-0.1, -0.05) is 13.8 Å². The summed E-state index contributed by atoms with van der Waals surface area (Å²) in [5.74, 6) is 1.68. The zero-order chi connectivity index (χ0) is 12.1. The fourth-order valence-corrected chi connectivity index (χ4v) is 1.79. The van der Waals surface area contributed by atoms with Crippen molar-refractivity contribution in [3.05, 3.63) is 18.2 Å². The number of aryl methyl sites for hydroxylation is 1. The molecule has 0 spiro atoms. The molecule has 0 bridgehead atoms. The first-order valence-corrected chi connectivity index (χ1v) is 6.23. The van der Waals surface area contributed by atoms with Crippen molar-refractivity contribution in [3.8, 4) is 0 Å². The molecule has 1 aliphatic rings. The molecule has 3 nitrogen and oxygen atoms in total. The summed E-state index contributed by atoms with van der Waals surface area (Å²) in [4.78, 5) is 6.65. The van der Waals surface area contributed by atoms with Crippen LogP contribution in [0.3, 0.4) is 0 Å². The summed E-state index contributed by atoms with van der Waals surface area (Å²) in [6, 6.07) is 0.786. The number of likely N-dealkylation sites (tertiary alicyclic amines) is 1. The van der Waals surface area contributed by atoms with Gasteiger partial charge in [-0.15, -0.1) is 0 Å². The van der Waals surface area contributed by atoms with Crippen LogP contribution in [0.4, 0.5) is 0 Å². The van der Waals surface area contributed by atoms with Crippen LogP contribution < -0.4 is 0 Å². The molecule has 0 unspecified atom stereocenters. The molecule has 0 radical (unpaired) electrons. The minimum Gasteiger partial charge on any atom is -0.338 e. The van der Waals surface area contributed by atoms with Gasteiger partial charge in [0.2, 0.25) is 0 Å². The van der Waals surface area contributed by atoms with Crippen molar-refractivity contribution >= 4 is 0 Å². The quantitative estimate of drug-likeness (QED) is 0.768. The minimum absolute atomic E-state index is 0.532. The van der Waals surface area contributed by atoms with Crippen molar-refractivity contribution in [2.24, 2.45) is 7.05 Å². The van der Waals surface area contributed by atoms with E-state index in [1.807, 2.05) is 24.0 Å². The van der Waals surface area contributed by atoms with Crippen LogP contribution in [0.5, 0.6) is 0 Å². The summed E-state index contributed by atoms with van der Waals surface area (Å²) in [5, 5.41) is 0. The van der Waals surface area contributed by atoms with Gasteiger partial charge in [-0.25, -0.2) is 4.98 Å². The minimum atomic E-state index is 0.532. The van der Waals surface area contributed by atoms with E-state index >= 15 is 0 Å². The first kappa shape index (κ1) is 13.2. The largest absolute Gasteiger partial charge is 0.338 e. The molecule has 0 atom stereocenters. The van der Waals surface area contributed by atoms with Gasteiger partial charge in [0.1, 0.15) is 5.82 Å². The molecule has 2 heterocycles. The predicted molar refractivity (Wildman–Crippen MR) is 68.6 cm³/mol. The zero-order valence-corrected chi connectivity index (χ0v) is 11.3. The lowest BCUT2D eigenvalue weighted by Crippen LogP contribution is -2.41. The van der Waals surface area contributed by atoms with E-state index < -0.39 is 0 Å². The summed E-state index contributed by atoms with van der Waals surface area (Å²) < 4.78 is 2.05. The molecule has 1 aromatic rings. The van der Waals surface area contributed by atoms with E-state index in [2.05, 4.69) is 37.6 Å². The lowest BCUT2D eigenvalue weighted by atomic mass is 10.2. The number of rotatable bonds is 2. The number of imidazole rings is 1. The van der Waals surface area contributed by atoms with Gasteiger partial charge in [-0.2, -0.15) is 0 Å². The smallest absolute Gasteiger partial charge is 0.110 e. The Bertz CT molecular complexity index is 298. The molecular formula is C13H25N3. The number of hydrogen-bond donors (Lipinski definition) is 0. The van der Waals surface area contributed by atoms with E-state index in [1.54, 1.807) is 0 Å². The van der Waals surface area contributed by atoms with Crippen LogP contribution in [0, 0.1) is 0 Å². The Morgan fingerprint density at radius 1 is 1.19 bits per heavy atom. The maximum atomic E-state index is 4.18. The molecule has 1 aliphatic heterocycles. The van der Waals surface area contributed by atoms with E-state index in [1.165, 1.54) is 19.5 Å². The lowest BCUT2D eigenvalue weighted by molar-refractivity contribution is 0.138. The highest BCUT2D eigenvalue weighted by Crippen LogP contribution is 2.09. The number of aromatic nitrogens is 2. The van der Waals surface area contributed by atoms with Crippen LogP contribution in [0.2, 0.25) is 0 Å². The van der Waals surface area contributed by atoms with Crippen molar-refractivity contribution in [2.75, 3.05) is 13.1 Å². The van der Waals surface area contributed by atoms with E-state index in [-0.39, 0.29) is 0 Å². The summed E-state index contributed by atoms with van der Waals surface area (Å²) in [6.45, 7) is 11.4. The van der Waals surface area contributed by atoms with Crippen LogP contribution in [-0.4, -0.2) is 33.6 Å². The van der Waals surface area contributed by atoms with Gasteiger partial charge >= 0.3 is 0 Å². The Morgan fingerprint density at radius 2 is 1.81 bits per heavy atom. The average molecular weight is 223 g/mol. The van der Waals surface area contributed by atoms with Crippen LogP contribution in [0.15, 0.2) is 12.4 Å². The van der Waals surface area contributed by atoms with E-state index in [0.717, 1.165) is 11.9 Å². The monoisotopic (exact) mass is 223 g/mol. The van der Waals surface area contributed by atoms with Gasteiger partial charge in [0.05, 0.1) is 0 Å². The Labute approximate surface area is 99.5 Å². The van der Waals surface area contributed by atoms with E-state index in [0.29, 0.717) is 5.92 Å². The first-order chi connectivity index (χ1) is 7.52. The topological polar surface area (TPSA) is 21.1 Å². The van der Waals surface area contributed by atoms with Crippen molar-refractivity contribution in [2.45, 2.75) is 46.1 Å². The molecule has 3 heteroatoms. The van der Waals surface area contributed by atoms with Crippen molar-refractivity contribution < 1.29 is 0 Å². The Balaban J connectivity index is 0.000000165. The summed E-state index contributed by atoms with van der Waals surface area (Å²) >= 11 is 0. The lowest BCUT2D eigenvalue weighted by Gasteiger charge is -2.34. The highest BCUT2D eigenvalue weighted by atomic mass is 15.2. The molecule has 0 saturated carbocycles. The molecule has 92 valence electrons. The second-order valence-corrected chi connectivity index (χ2v) is 5.03. The molecule has 0 aromatic carbocycles. The third-order valence-electron chi connectivity index (χ3n) is 3.00. The van der Waals surface area contributed by atoms with Gasteiger partial charge in [-0.3, -0.25) is 0 Å². The second kappa shape index (κ2) is 6.04. The number of hydrogen-bond acceptors (Lipinski definition) is 2. The average Bonchev–Trinajstić information content (AvgIpc) is 2.47. The predicted octanol–water partition coefficient (Wildman–Crippen LogP) is 2.64. The van der Waals surface area contributed by atoms with Gasteiger partial charge < -0.3 is 9.47 Å². The third kappa shape index (κ3) is 3.63. The second-order valence-electron chi connectivity index (χ2n) is 5.03. The summed E-state index contributed by atoms with van der Waals surface area (Å²) in [7, 11) is 2.02. The van der Waals surface area contributed by atoms with Crippen LogP contribution in [0.25, 0.3) is 0 Å². The van der Waals surface area contributed by atoms with Crippen molar-refractivity contribution in [1.29, 1.82) is 0 Å². The van der Waals surface area contributed by atoms with Gasteiger partial charge in [-0.05, 0) is 33.4 Å². The Kier molecular flexibility index (Phi) is 5.00. The van der Waals surface area contributed by atoms with Crippen LogP contribution in [-0.2, 0) is 7.05 Å². The Hall–Kier alpha value is -0.830. The molecule has 1 fully saturated rings. The number of nitrogens with zero attached hydrogens (tertiary/aromatic N) is 3. The molecule has 2 rings (SSSR count). The van der Waals surface area contributed by atoms with Crippen LogP contribution >= 0.6 is 0 Å². The fourth-order valence-electron chi connectivity index (χ4n) is 1.79. The molecule has 16 heavy (non-hydrogen) atoms. The summed E-state index contributed by atoms with van der Waals surface area (Å²) in [5.41, 5.74) is 0. The van der Waals surface area contributed by atoms with Crippen LogP contribution in [0.1, 0.15) is 45.9 Å². The molecule has 0 amide bonds. The SMILES string of the molecule is CC(C)N1CCC1.CC(C)c1nccn1C. The standard InChI is InChI=1S/C7H12N2.C6H13N/c1-6(2)7-8-4-5-9(7)3;1-6(2)7-4-3-5-7/h4-6H,1-3H3;6H,3-5H2,1-2H3. The molecule has 1 saturated heterocycles. The zero-order valence-electron chi connectivity index (χ0n) is 11.3. The maximum Gasteiger partial charge on any atom is 0.110 e. The molecule has 0 N–H and O–H groups in total. The normalized spacial score (nSPS) is 15.9. The van der Waals surface area contributed by atoms with Gasteiger partial charge in [0, 0.05) is 31.4 Å². The Morgan fingerprint density at radius 3 is 1.94 bits per heavy atom. The van der Waals surface area contributed by atoms with Gasteiger partial charge in [0.25, 0.3) is 0 Å². The fraction of sp³-hybridized carbons (Fsp3) is 0.769. The highest BCUT2D eigenvalue weighted by molar-refractivity contribution is 4.95. The third-order valence-corrected chi connectivity index (χ3v) is 3.00. The van der Waals surface area contributed by atoms with Crippen molar-refractivity contribution in [1.82, 2.24) is 14.5 Å². The van der Waals surface area contributed by atoms with E-state index in [4.69, 9.17) is 0 Å². The van der Waals surface area contributed by atoms with Gasteiger partial charge in [0.15, 0.2) is 0 Å². The maximum absolute atomic E-state index is 4.18.